The van der Waals surface area contributed by atoms with Crippen LogP contribution in [0.15, 0.2) is 4.52 Å². The molecule has 3 aromatic heterocycles. The lowest BCUT2D eigenvalue weighted by Gasteiger charge is -1.97. The molecule has 0 radical (unpaired) electrons. The Bertz CT molecular complexity index is 677. The zero-order chi connectivity index (χ0) is 12.7. The highest BCUT2D eigenvalue weighted by Gasteiger charge is 2.13. The quantitative estimate of drug-likeness (QED) is 0.762. The Morgan fingerprint density at radius 3 is 2.83 bits per heavy atom. The summed E-state index contributed by atoms with van der Waals surface area (Å²) >= 11 is 1.33. The number of hydrogen-bond acceptors (Lipinski definition) is 7. The highest BCUT2D eigenvalue weighted by molar-refractivity contribution is 7.20. The zero-order valence-corrected chi connectivity index (χ0v) is 10.9. The number of nitrogens with zero attached hydrogens (tertiary/aromatic N) is 5. The molecule has 0 fully saturated rings. The number of nitrogen functional groups attached to an aromatic ring is 1. The minimum atomic E-state index is 0.499. The van der Waals surface area contributed by atoms with Crippen LogP contribution < -0.4 is 5.73 Å². The van der Waals surface area contributed by atoms with Crippen LogP contribution in [-0.2, 0) is 12.8 Å². The fourth-order valence-corrected chi connectivity index (χ4v) is 2.55. The Morgan fingerprint density at radius 1 is 1.28 bits per heavy atom. The number of nitrogens with two attached hydrogens (primary N) is 1. The van der Waals surface area contributed by atoms with E-state index in [0.29, 0.717) is 5.13 Å². The highest BCUT2D eigenvalue weighted by atomic mass is 32.1. The third-order valence-electron chi connectivity index (χ3n) is 2.85. The maximum Gasteiger partial charge on any atom is 0.236 e. The highest BCUT2D eigenvalue weighted by Crippen LogP contribution is 2.18. The van der Waals surface area contributed by atoms with Crippen LogP contribution in [0.2, 0.25) is 0 Å². The number of rotatable bonds is 3. The van der Waals surface area contributed by atoms with Gasteiger partial charge in [0.1, 0.15) is 5.76 Å². The third kappa shape index (κ3) is 1.74. The molecule has 0 amide bonds. The summed E-state index contributed by atoms with van der Waals surface area (Å²) < 4.78 is 6.82. The van der Waals surface area contributed by atoms with E-state index in [0.717, 1.165) is 40.6 Å². The summed E-state index contributed by atoms with van der Waals surface area (Å²) in [4.78, 5) is 0.723. The second-order valence-electron chi connectivity index (χ2n) is 4.05. The van der Waals surface area contributed by atoms with Crippen LogP contribution >= 0.6 is 11.3 Å². The fraction of sp³-hybridized carbons (Fsp3) is 0.400. The average molecular weight is 264 g/mol. The lowest BCUT2D eigenvalue weighted by atomic mass is 10.1. The van der Waals surface area contributed by atoms with Gasteiger partial charge in [-0.25, -0.2) is 0 Å². The topological polar surface area (TPSA) is 95.1 Å². The monoisotopic (exact) mass is 264 g/mol. The predicted molar refractivity (Wildman–Crippen MR) is 66.5 cm³/mol. The number of fused-ring (bicyclic) bond motifs is 1. The van der Waals surface area contributed by atoms with Crippen LogP contribution in [0.25, 0.3) is 4.96 Å². The van der Waals surface area contributed by atoms with E-state index >= 15 is 0 Å². The van der Waals surface area contributed by atoms with Gasteiger partial charge in [0.2, 0.25) is 10.1 Å². The summed E-state index contributed by atoms with van der Waals surface area (Å²) in [6, 6.07) is 0. The number of aryl methyl sites for hydroxylation is 3. The van der Waals surface area contributed by atoms with Gasteiger partial charge in [-0.2, -0.15) is 4.52 Å². The molecule has 0 atom stereocenters. The Morgan fingerprint density at radius 2 is 2.11 bits per heavy atom. The second kappa shape index (κ2) is 4.05. The van der Waals surface area contributed by atoms with Crippen molar-refractivity contribution in [3.63, 3.8) is 0 Å². The molecule has 3 heterocycles. The first-order chi connectivity index (χ1) is 8.65. The van der Waals surface area contributed by atoms with E-state index < -0.39 is 0 Å². The third-order valence-corrected chi connectivity index (χ3v) is 3.58. The molecule has 94 valence electrons. The van der Waals surface area contributed by atoms with E-state index in [1.807, 2.05) is 13.8 Å². The number of hydrogen-bond donors (Lipinski definition) is 1. The maximum atomic E-state index is 5.64. The summed E-state index contributed by atoms with van der Waals surface area (Å²) in [5.74, 6) is 1.66. The van der Waals surface area contributed by atoms with Crippen LogP contribution in [0, 0.1) is 13.8 Å². The van der Waals surface area contributed by atoms with Gasteiger partial charge in [0.15, 0.2) is 5.82 Å². The van der Waals surface area contributed by atoms with Gasteiger partial charge in [0, 0.05) is 12.0 Å². The second-order valence-corrected chi connectivity index (χ2v) is 5.04. The number of aromatic nitrogens is 5. The standard InChI is InChI=1S/C10H12N6OS/c1-5-7(6(2)17-15-5)3-4-8-12-13-10-16(8)14-9(11)18-10/h3-4H2,1-2H3,(H2,11,14). The molecule has 3 rings (SSSR count). The molecule has 0 unspecified atom stereocenters. The largest absolute Gasteiger partial charge is 0.374 e. The van der Waals surface area contributed by atoms with Gasteiger partial charge in [-0.1, -0.05) is 16.5 Å². The van der Waals surface area contributed by atoms with Crippen molar-refractivity contribution in [2.45, 2.75) is 26.7 Å². The molecule has 0 aliphatic heterocycles. The molecule has 0 saturated heterocycles. The van der Waals surface area contributed by atoms with Crippen molar-refractivity contribution in [2.24, 2.45) is 0 Å². The van der Waals surface area contributed by atoms with Crippen molar-refractivity contribution in [3.05, 3.63) is 22.8 Å². The molecule has 0 aliphatic carbocycles. The molecule has 8 heteroatoms. The molecular weight excluding hydrogens is 252 g/mol. The summed E-state index contributed by atoms with van der Waals surface area (Å²) in [5.41, 5.74) is 7.68. The average Bonchev–Trinajstić information content (AvgIpc) is 2.94. The Kier molecular flexibility index (Phi) is 2.51. The normalized spacial score (nSPS) is 11.4. The summed E-state index contributed by atoms with van der Waals surface area (Å²) in [5, 5.41) is 16.7. The molecule has 0 saturated carbocycles. The summed E-state index contributed by atoms with van der Waals surface area (Å²) in [7, 11) is 0. The van der Waals surface area contributed by atoms with Crippen molar-refractivity contribution >= 4 is 21.4 Å². The van der Waals surface area contributed by atoms with E-state index in [1.54, 1.807) is 4.52 Å². The van der Waals surface area contributed by atoms with E-state index in [4.69, 9.17) is 10.3 Å². The lowest BCUT2D eigenvalue weighted by molar-refractivity contribution is 0.392. The summed E-state index contributed by atoms with van der Waals surface area (Å²) in [6.45, 7) is 3.85. The van der Waals surface area contributed by atoms with Gasteiger partial charge < -0.3 is 10.3 Å². The van der Waals surface area contributed by atoms with Crippen LogP contribution in [0.3, 0.4) is 0 Å². The minimum Gasteiger partial charge on any atom is -0.374 e. The zero-order valence-electron chi connectivity index (χ0n) is 10.0. The molecule has 18 heavy (non-hydrogen) atoms. The van der Waals surface area contributed by atoms with Crippen molar-refractivity contribution in [1.82, 2.24) is 25.0 Å². The first-order valence-electron chi connectivity index (χ1n) is 5.53. The van der Waals surface area contributed by atoms with Gasteiger partial charge in [0.25, 0.3) is 0 Å². The molecule has 0 aromatic carbocycles. The molecule has 0 spiro atoms. The van der Waals surface area contributed by atoms with Crippen molar-refractivity contribution in [3.8, 4) is 0 Å². The maximum absolute atomic E-state index is 5.64. The molecule has 2 N–H and O–H groups in total. The van der Waals surface area contributed by atoms with Gasteiger partial charge in [0.05, 0.1) is 5.69 Å². The minimum absolute atomic E-state index is 0.499. The van der Waals surface area contributed by atoms with Gasteiger partial charge in [-0.15, -0.1) is 15.3 Å². The van der Waals surface area contributed by atoms with Crippen molar-refractivity contribution in [2.75, 3.05) is 5.73 Å². The molecule has 0 bridgehead atoms. The summed E-state index contributed by atoms with van der Waals surface area (Å²) in [6.07, 6.45) is 1.53. The number of anilines is 1. The molecule has 7 nitrogen and oxygen atoms in total. The first kappa shape index (κ1) is 11.1. The van der Waals surface area contributed by atoms with Gasteiger partial charge in [-0.3, -0.25) is 0 Å². The van der Waals surface area contributed by atoms with Crippen molar-refractivity contribution in [1.29, 1.82) is 0 Å². The smallest absolute Gasteiger partial charge is 0.236 e. The van der Waals surface area contributed by atoms with Gasteiger partial charge in [-0.05, 0) is 20.3 Å². The van der Waals surface area contributed by atoms with Crippen molar-refractivity contribution < 1.29 is 4.52 Å². The van der Waals surface area contributed by atoms with Crippen LogP contribution in [0.1, 0.15) is 22.8 Å². The van der Waals surface area contributed by atoms with E-state index in [1.165, 1.54) is 11.3 Å². The molecular formula is C10H12N6OS. The SMILES string of the molecule is Cc1noc(C)c1CCc1nnc2sc(N)nn12. The van der Waals surface area contributed by atoms with E-state index in [9.17, 15) is 0 Å². The van der Waals surface area contributed by atoms with Gasteiger partial charge >= 0.3 is 0 Å². The lowest BCUT2D eigenvalue weighted by Crippen LogP contribution is -2.01. The molecule has 0 aliphatic rings. The van der Waals surface area contributed by atoms with Crippen LogP contribution in [0.5, 0.6) is 0 Å². The van der Waals surface area contributed by atoms with Crippen LogP contribution in [0.4, 0.5) is 5.13 Å². The Balaban J connectivity index is 1.85. The van der Waals surface area contributed by atoms with E-state index in [2.05, 4.69) is 20.5 Å². The first-order valence-corrected chi connectivity index (χ1v) is 6.35. The van der Waals surface area contributed by atoms with Crippen LogP contribution in [-0.4, -0.2) is 25.0 Å². The Labute approximate surface area is 107 Å². The fourth-order valence-electron chi connectivity index (χ4n) is 1.92. The Hall–Kier alpha value is -1.96. The van der Waals surface area contributed by atoms with E-state index in [-0.39, 0.29) is 0 Å². The predicted octanol–water partition coefficient (Wildman–Crippen LogP) is 1.16. The molecule has 3 aromatic rings.